The molecule has 98 valence electrons. The highest BCUT2D eigenvalue weighted by molar-refractivity contribution is 5.32. The Morgan fingerprint density at radius 2 is 2.00 bits per heavy atom. The van der Waals surface area contributed by atoms with Crippen LogP contribution >= 0.6 is 0 Å². The van der Waals surface area contributed by atoms with Crippen LogP contribution in [0.3, 0.4) is 0 Å². The molecule has 2 heteroatoms. The topological polar surface area (TPSA) is 29.5 Å². The summed E-state index contributed by atoms with van der Waals surface area (Å²) in [5.41, 5.74) is 1.70. The summed E-state index contributed by atoms with van der Waals surface area (Å²) in [6, 6.07) is 0. The van der Waals surface area contributed by atoms with Crippen molar-refractivity contribution in [1.82, 2.24) is 0 Å². The summed E-state index contributed by atoms with van der Waals surface area (Å²) >= 11 is 0. The second-order valence-electron chi connectivity index (χ2n) is 6.42. The van der Waals surface area contributed by atoms with Crippen LogP contribution in [0.2, 0.25) is 0 Å². The minimum absolute atomic E-state index is 0.152. The van der Waals surface area contributed by atoms with Gasteiger partial charge in [0.2, 0.25) is 0 Å². The summed E-state index contributed by atoms with van der Waals surface area (Å²) in [7, 11) is 0. The number of allylic oxidation sites excluding steroid dienone is 1. The fourth-order valence-corrected chi connectivity index (χ4v) is 4.11. The molecule has 2 nitrogen and oxygen atoms in total. The lowest BCUT2D eigenvalue weighted by molar-refractivity contribution is 0.00433. The zero-order valence-electron chi connectivity index (χ0n) is 11.1. The minimum atomic E-state index is -0.563. The van der Waals surface area contributed by atoms with E-state index in [1.54, 1.807) is 0 Å². The Kier molecular flexibility index (Phi) is 2.50. The fraction of sp³-hybridized carbons (Fsp3) is 0.625. The predicted molar refractivity (Wildman–Crippen MR) is 71.9 cm³/mol. The molecule has 1 aliphatic heterocycles. The monoisotopic (exact) mass is 246 g/mol. The summed E-state index contributed by atoms with van der Waals surface area (Å²) in [4.78, 5) is 0. The third-order valence-corrected chi connectivity index (χ3v) is 5.29. The molecular formula is C16H22O2. The number of hydrogen-bond donors (Lipinski definition) is 1. The summed E-state index contributed by atoms with van der Waals surface area (Å²) in [6.07, 6.45) is 3.94. The van der Waals surface area contributed by atoms with Gasteiger partial charge in [-0.05, 0) is 43.6 Å². The molecule has 0 bridgehead atoms. The first-order valence-electron chi connectivity index (χ1n) is 6.85. The molecule has 0 aromatic heterocycles. The molecular weight excluding hydrogens is 224 g/mol. The second kappa shape index (κ2) is 3.74. The largest absolute Gasteiger partial charge is 0.490 e. The van der Waals surface area contributed by atoms with Crippen molar-refractivity contribution in [1.29, 1.82) is 0 Å². The van der Waals surface area contributed by atoms with Crippen molar-refractivity contribution >= 4 is 0 Å². The van der Waals surface area contributed by atoms with E-state index < -0.39 is 5.60 Å². The molecule has 5 atom stereocenters. The summed E-state index contributed by atoms with van der Waals surface area (Å²) in [5, 5.41) is 10.6. The predicted octanol–water partition coefficient (Wildman–Crippen LogP) is 3.20. The van der Waals surface area contributed by atoms with Crippen LogP contribution in [0.1, 0.15) is 32.6 Å². The van der Waals surface area contributed by atoms with Crippen molar-refractivity contribution in [2.24, 2.45) is 17.8 Å². The molecule has 2 saturated carbocycles. The molecule has 0 aromatic carbocycles. The lowest BCUT2D eigenvalue weighted by Crippen LogP contribution is -2.33. The van der Waals surface area contributed by atoms with E-state index in [4.69, 9.17) is 4.74 Å². The molecule has 0 aromatic rings. The third kappa shape index (κ3) is 1.58. The van der Waals surface area contributed by atoms with Crippen molar-refractivity contribution in [2.45, 2.75) is 44.3 Å². The van der Waals surface area contributed by atoms with Gasteiger partial charge in [-0.3, -0.25) is 0 Å². The van der Waals surface area contributed by atoms with Gasteiger partial charge < -0.3 is 9.84 Å². The Morgan fingerprint density at radius 1 is 1.28 bits per heavy atom. The van der Waals surface area contributed by atoms with Gasteiger partial charge in [-0.1, -0.05) is 25.3 Å². The van der Waals surface area contributed by atoms with Crippen LogP contribution in [0.5, 0.6) is 0 Å². The Bertz CT molecular complexity index is 432. The van der Waals surface area contributed by atoms with Gasteiger partial charge in [0, 0.05) is 12.3 Å². The number of ether oxygens (including phenoxy) is 1. The lowest BCUT2D eigenvalue weighted by atomic mass is 9.79. The first-order valence-corrected chi connectivity index (χ1v) is 6.85. The van der Waals surface area contributed by atoms with E-state index in [0.29, 0.717) is 17.8 Å². The average molecular weight is 246 g/mol. The van der Waals surface area contributed by atoms with Crippen LogP contribution in [-0.2, 0) is 4.74 Å². The van der Waals surface area contributed by atoms with E-state index in [1.165, 1.54) is 5.57 Å². The summed E-state index contributed by atoms with van der Waals surface area (Å²) < 4.78 is 5.82. The molecule has 3 fully saturated rings. The van der Waals surface area contributed by atoms with Crippen molar-refractivity contribution in [3.8, 4) is 0 Å². The maximum Gasteiger partial charge on any atom is 0.115 e. The highest BCUT2D eigenvalue weighted by Crippen LogP contribution is 2.53. The number of aliphatic hydroxyl groups is 1. The Labute approximate surface area is 109 Å². The van der Waals surface area contributed by atoms with Gasteiger partial charge in [0.1, 0.15) is 11.9 Å². The fourth-order valence-electron chi connectivity index (χ4n) is 4.11. The lowest BCUT2D eigenvalue weighted by Gasteiger charge is -2.30. The van der Waals surface area contributed by atoms with Gasteiger partial charge in [-0.15, -0.1) is 0 Å². The SMILES string of the molecule is C=C1O[C@H]2CC(=C)[C@H]3CC[C@@](C)(O)[C@@H]3C[C@@H]2C1=C. The standard InChI is InChI=1S/C16H22O2/c1-9-7-15-13(10(2)11(3)18-15)8-14-12(9)5-6-16(14,4)17/h12-15,17H,1-3,5-8H2,4H3/t12-,13-,14-,15+,16-/m1/s1. The smallest absolute Gasteiger partial charge is 0.115 e. The molecule has 3 rings (SSSR count). The van der Waals surface area contributed by atoms with E-state index in [9.17, 15) is 5.11 Å². The molecule has 0 radical (unpaired) electrons. The molecule has 1 N–H and O–H groups in total. The molecule has 1 saturated heterocycles. The molecule has 0 spiro atoms. The molecule has 2 aliphatic carbocycles. The molecule has 3 aliphatic rings. The summed E-state index contributed by atoms with van der Waals surface area (Å²) in [5.74, 6) is 1.80. The van der Waals surface area contributed by atoms with Crippen LogP contribution < -0.4 is 0 Å². The van der Waals surface area contributed by atoms with Gasteiger partial charge in [0.05, 0.1) is 5.60 Å². The van der Waals surface area contributed by atoms with Crippen molar-refractivity contribution < 1.29 is 9.84 Å². The van der Waals surface area contributed by atoms with E-state index >= 15 is 0 Å². The molecule has 0 unspecified atom stereocenters. The van der Waals surface area contributed by atoms with Gasteiger partial charge in [0.25, 0.3) is 0 Å². The Hall–Kier alpha value is -1.02. The van der Waals surface area contributed by atoms with Crippen molar-refractivity contribution in [2.75, 3.05) is 0 Å². The van der Waals surface area contributed by atoms with E-state index in [2.05, 4.69) is 19.7 Å². The maximum atomic E-state index is 10.6. The van der Waals surface area contributed by atoms with E-state index in [-0.39, 0.29) is 6.10 Å². The quantitative estimate of drug-likeness (QED) is 0.665. The van der Waals surface area contributed by atoms with Gasteiger partial charge >= 0.3 is 0 Å². The highest BCUT2D eigenvalue weighted by atomic mass is 16.5. The molecule has 0 amide bonds. The van der Waals surface area contributed by atoms with E-state index in [0.717, 1.165) is 37.0 Å². The average Bonchev–Trinajstić information content (AvgIpc) is 2.65. The van der Waals surface area contributed by atoms with Crippen LogP contribution in [0.15, 0.2) is 36.6 Å². The first kappa shape index (κ1) is 12.0. The molecule has 1 heterocycles. The highest BCUT2D eigenvalue weighted by Gasteiger charge is 2.51. The van der Waals surface area contributed by atoms with Gasteiger partial charge in [-0.2, -0.15) is 0 Å². The van der Waals surface area contributed by atoms with Gasteiger partial charge in [-0.25, -0.2) is 0 Å². The van der Waals surface area contributed by atoms with Crippen LogP contribution in [-0.4, -0.2) is 16.8 Å². The number of rotatable bonds is 0. The number of hydrogen-bond acceptors (Lipinski definition) is 2. The van der Waals surface area contributed by atoms with Gasteiger partial charge in [0.15, 0.2) is 0 Å². The maximum absolute atomic E-state index is 10.6. The minimum Gasteiger partial charge on any atom is -0.490 e. The Morgan fingerprint density at radius 3 is 2.72 bits per heavy atom. The normalized spacial score (nSPS) is 47.6. The Balaban J connectivity index is 1.94. The van der Waals surface area contributed by atoms with E-state index in [1.807, 2.05) is 6.92 Å². The summed E-state index contributed by atoms with van der Waals surface area (Å²) in [6.45, 7) is 14.2. The first-order chi connectivity index (χ1) is 8.40. The van der Waals surface area contributed by atoms with Crippen LogP contribution in [0.4, 0.5) is 0 Å². The zero-order valence-corrected chi connectivity index (χ0v) is 11.1. The number of fused-ring (bicyclic) bond motifs is 2. The molecule has 18 heavy (non-hydrogen) atoms. The zero-order chi connectivity index (χ0) is 13.1. The second-order valence-corrected chi connectivity index (χ2v) is 6.42. The van der Waals surface area contributed by atoms with Crippen LogP contribution in [0, 0.1) is 17.8 Å². The van der Waals surface area contributed by atoms with Crippen molar-refractivity contribution in [3.05, 3.63) is 36.6 Å². The van der Waals surface area contributed by atoms with Crippen molar-refractivity contribution in [3.63, 3.8) is 0 Å². The van der Waals surface area contributed by atoms with Crippen LogP contribution in [0.25, 0.3) is 0 Å². The third-order valence-electron chi connectivity index (χ3n) is 5.29.